The molecule has 4 aromatic rings. The van der Waals surface area contributed by atoms with Crippen molar-refractivity contribution in [3.63, 3.8) is 0 Å². The van der Waals surface area contributed by atoms with Gasteiger partial charge in [-0.1, -0.05) is 43.3 Å². The van der Waals surface area contributed by atoms with Crippen LogP contribution >= 0.6 is 11.3 Å². The van der Waals surface area contributed by atoms with Crippen molar-refractivity contribution in [1.29, 1.82) is 5.26 Å². The van der Waals surface area contributed by atoms with E-state index in [9.17, 15) is 14.9 Å². The Morgan fingerprint density at radius 2 is 1.86 bits per heavy atom. The van der Waals surface area contributed by atoms with Gasteiger partial charge >= 0.3 is 0 Å². The number of para-hydroxylation sites is 3. The highest BCUT2D eigenvalue weighted by atomic mass is 32.1. The first-order chi connectivity index (χ1) is 17.6. The zero-order chi connectivity index (χ0) is 25.5. The van der Waals surface area contributed by atoms with Crippen molar-refractivity contribution in [2.45, 2.75) is 20.3 Å². The summed E-state index contributed by atoms with van der Waals surface area (Å²) in [6.07, 6.45) is 3.98. The number of benzene rings is 2. The molecule has 4 rings (SSSR count). The van der Waals surface area contributed by atoms with E-state index in [-0.39, 0.29) is 15.8 Å². The van der Waals surface area contributed by atoms with Crippen LogP contribution in [0.15, 0.2) is 77.7 Å². The molecule has 0 saturated heterocycles. The molecule has 0 atom stereocenters. The number of ether oxygens (including phenoxy) is 1. The molecule has 2 aromatic heterocycles. The standard InChI is InChI=1S/C28H24N4O3S/c1-3-19-11-5-7-14-23(19)32-27(34)25(17-20-12-9-10-16-30-20)36-28(32)21(18-29)26(33)31-22-13-6-8-15-24(22)35-4-2/h5-17H,3-4H2,1-2H3,(H,31,33)/b25-17-,28-21-. The van der Waals surface area contributed by atoms with Crippen LogP contribution in [0.1, 0.15) is 25.1 Å². The second-order valence-electron chi connectivity index (χ2n) is 7.66. The lowest BCUT2D eigenvalue weighted by molar-refractivity contribution is -0.111. The van der Waals surface area contributed by atoms with Crippen molar-refractivity contribution in [3.8, 4) is 17.5 Å². The summed E-state index contributed by atoms with van der Waals surface area (Å²) < 4.78 is 7.66. The molecule has 0 saturated carbocycles. The van der Waals surface area contributed by atoms with Gasteiger partial charge in [0.1, 0.15) is 16.5 Å². The van der Waals surface area contributed by atoms with E-state index in [1.807, 2.05) is 50.2 Å². The largest absolute Gasteiger partial charge is 0.492 e. The average molecular weight is 497 g/mol. The number of anilines is 1. The number of amides is 1. The van der Waals surface area contributed by atoms with E-state index >= 15 is 0 Å². The van der Waals surface area contributed by atoms with Crippen molar-refractivity contribution < 1.29 is 9.53 Å². The molecule has 0 aliphatic carbocycles. The molecule has 0 radical (unpaired) electrons. The predicted molar refractivity (Wildman–Crippen MR) is 142 cm³/mol. The molecular weight excluding hydrogens is 472 g/mol. The van der Waals surface area contributed by atoms with E-state index in [2.05, 4.69) is 10.3 Å². The minimum atomic E-state index is -0.627. The number of carbonyl (C=O) groups excluding carboxylic acids is 1. The van der Waals surface area contributed by atoms with Crippen molar-refractivity contribution in [3.05, 3.63) is 104 Å². The summed E-state index contributed by atoms with van der Waals surface area (Å²) in [6.45, 7) is 4.26. The molecule has 1 N–H and O–H groups in total. The molecule has 7 nitrogen and oxygen atoms in total. The monoisotopic (exact) mass is 496 g/mol. The number of carbonyl (C=O) groups is 1. The Kier molecular flexibility index (Phi) is 7.73. The van der Waals surface area contributed by atoms with Crippen LogP contribution < -0.4 is 24.8 Å². The maximum Gasteiger partial charge on any atom is 0.273 e. The highest BCUT2D eigenvalue weighted by Gasteiger charge is 2.19. The van der Waals surface area contributed by atoms with Crippen molar-refractivity contribution in [2.24, 2.45) is 0 Å². The van der Waals surface area contributed by atoms with E-state index in [1.165, 1.54) is 4.57 Å². The molecule has 180 valence electrons. The highest BCUT2D eigenvalue weighted by molar-refractivity contribution is 7.07. The Hall–Kier alpha value is -4.48. The molecule has 8 heteroatoms. The first-order valence-electron chi connectivity index (χ1n) is 11.5. The number of pyridine rings is 1. The third-order valence-electron chi connectivity index (χ3n) is 5.39. The number of nitrogens with one attached hydrogen (secondary N) is 1. The third-order valence-corrected chi connectivity index (χ3v) is 6.48. The van der Waals surface area contributed by atoms with Gasteiger partial charge in [-0.05, 0) is 55.3 Å². The summed E-state index contributed by atoms with van der Waals surface area (Å²) in [5, 5.41) is 12.9. The van der Waals surface area contributed by atoms with E-state index < -0.39 is 5.91 Å². The number of aromatic nitrogens is 2. The SMILES string of the molecule is CCOc1ccccc1NC(=O)/C(C#N)=c1\s/c(=C\c2ccccn2)c(=O)n1-c1ccccc1CC. The van der Waals surface area contributed by atoms with Crippen LogP contribution in [0.5, 0.6) is 5.75 Å². The number of rotatable bonds is 7. The first kappa shape index (κ1) is 24.6. The van der Waals surface area contributed by atoms with Gasteiger partial charge in [-0.25, -0.2) is 0 Å². The molecule has 2 aromatic carbocycles. The number of hydrogen-bond donors (Lipinski definition) is 1. The Morgan fingerprint density at radius 1 is 1.11 bits per heavy atom. The molecule has 36 heavy (non-hydrogen) atoms. The Balaban J connectivity index is 1.97. The van der Waals surface area contributed by atoms with Gasteiger partial charge in [-0.3, -0.25) is 19.1 Å². The first-order valence-corrected chi connectivity index (χ1v) is 12.3. The van der Waals surface area contributed by atoms with Crippen LogP contribution in [0, 0.1) is 11.3 Å². The van der Waals surface area contributed by atoms with Gasteiger partial charge in [0.15, 0.2) is 5.57 Å². The Bertz CT molecular complexity index is 1610. The zero-order valence-electron chi connectivity index (χ0n) is 19.9. The second kappa shape index (κ2) is 11.3. The van der Waals surface area contributed by atoms with Crippen LogP contribution in [-0.4, -0.2) is 22.1 Å². The molecule has 0 bridgehead atoms. The van der Waals surface area contributed by atoms with Gasteiger partial charge in [0.2, 0.25) is 0 Å². The number of nitrogens with zero attached hydrogens (tertiary/aromatic N) is 3. The molecule has 1 amide bonds. The minimum Gasteiger partial charge on any atom is -0.492 e. The predicted octanol–water partition coefficient (Wildman–Crippen LogP) is 3.40. The van der Waals surface area contributed by atoms with E-state index in [0.717, 1.165) is 16.9 Å². The van der Waals surface area contributed by atoms with Crippen LogP contribution in [0.3, 0.4) is 0 Å². The minimum absolute atomic E-state index is 0.171. The lowest BCUT2D eigenvalue weighted by Crippen LogP contribution is -2.33. The molecule has 0 aliphatic rings. The molecular formula is C28H24N4O3S. The summed E-state index contributed by atoms with van der Waals surface area (Å²) >= 11 is 1.08. The Morgan fingerprint density at radius 3 is 2.58 bits per heavy atom. The fourth-order valence-corrected chi connectivity index (χ4v) is 4.80. The van der Waals surface area contributed by atoms with Gasteiger partial charge in [-0.15, -0.1) is 11.3 Å². The summed E-state index contributed by atoms with van der Waals surface area (Å²) in [7, 11) is 0. The lowest BCUT2D eigenvalue weighted by atomic mass is 10.1. The topological polar surface area (TPSA) is 97.0 Å². The van der Waals surface area contributed by atoms with E-state index in [1.54, 1.807) is 48.7 Å². The van der Waals surface area contributed by atoms with Gasteiger partial charge in [-0.2, -0.15) is 5.26 Å². The summed E-state index contributed by atoms with van der Waals surface area (Å²) in [5.41, 5.74) is 2.10. The molecule has 0 spiro atoms. The quantitative estimate of drug-likeness (QED) is 0.423. The fraction of sp³-hybridized carbons (Fsp3) is 0.143. The fourth-order valence-electron chi connectivity index (χ4n) is 3.72. The molecule has 2 heterocycles. The number of thiazole rings is 1. The lowest BCUT2D eigenvalue weighted by Gasteiger charge is -2.11. The van der Waals surface area contributed by atoms with Crippen LogP contribution in [-0.2, 0) is 11.2 Å². The van der Waals surface area contributed by atoms with E-state index in [0.29, 0.717) is 40.4 Å². The maximum atomic E-state index is 13.6. The average Bonchev–Trinajstić information content (AvgIpc) is 3.21. The highest BCUT2D eigenvalue weighted by Crippen LogP contribution is 2.24. The van der Waals surface area contributed by atoms with E-state index in [4.69, 9.17) is 4.74 Å². The van der Waals surface area contributed by atoms with Gasteiger partial charge in [0.05, 0.1) is 28.2 Å². The Labute approximate surface area is 212 Å². The van der Waals surface area contributed by atoms with Crippen LogP contribution in [0.25, 0.3) is 17.3 Å². The van der Waals surface area contributed by atoms with Crippen molar-refractivity contribution in [1.82, 2.24) is 9.55 Å². The summed E-state index contributed by atoms with van der Waals surface area (Å²) in [4.78, 5) is 31.3. The van der Waals surface area contributed by atoms with Gasteiger partial charge in [0.25, 0.3) is 11.5 Å². The van der Waals surface area contributed by atoms with Crippen LogP contribution in [0.2, 0.25) is 0 Å². The van der Waals surface area contributed by atoms with Gasteiger partial charge < -0.3 is 10.1 Å². The number of aryl methyl sites for hydroxylation is 1. The van der Waals surface area contributed by atoms with Gasteiger partial charge in [0, 0.05) is 6.20 Å². The summed E-state index contributed by atoms with van der Waals surface area (Å²) in [5.74, 6) is -0.132. The normalized spacial score (nSPS) is 12.1. The molecule has 0 aliphatic heterocycles. The van der Waals surface area contributed by atoms with Crippen molar-refractivity contribution >= 4 is 34.6 Å². The van der Waals surface area contributed by atoms with Crippen LogP contribution in [0.4, 0.5) is 5.69 Å². The number of hydrogen-bond acceptors (Lipinski definition) is 6. The molecule has 0 unspecified atom stereocenters. The third kappa shape index (κ3) is 5.11. The second-order valence-corrected chi connectivity index (χ2v) is 8.69. The number of nitriles is 1. The summed E-state index contributed by atoms with van der Waals surface area (Å²) in [6, 6.07) is 21.9. The molecule has 0 fully saturated rings. The zero-order valence-corrected chi connectivity index (χ0v) is 20.7. The van der Waals surface area contributed by atoms with Crippen molar-refractivity contribution in [2.75, 3.05) is 11.9 Å². The maximum absolute atomic E-state index is 13.6. The smallest absolute Gasteiger partial charge is 0.273 e.